The minimum absolute atomic E-state index is 0.249. The number of likely N-dealkylation sites (N-methyl/N-ethyl adjacent to an activating group) is 1. The van der Waals surface area contributed by atoms with E-state index in [1.165, 1.54) is 13.1 Å². The molecule has 4 heteroatoms. The summed E-state index contributed by atoms with van der Waals surface area (Å²) in [5, 5.41) is 0. The monoisotopic (exact) mass is 161 g/mol. The standard InChI is InChI=1S/C8H8BNO2/c1-5-6(3-4-9)8(12)10(2)7(5)11/h3,9H,1-2H3. The Kier molecular flexibility index (Phi) is 2.11. The number of carbonyl (C=O) groups is 2. The first-order chi connectivity index (χ1) is 5.59. The van der Waals surface area contributed by atoms with Crippen LogP contribution in [0.4, 0.5) is 0 Å². The number of imide groups is 1. The van der Waals surface area contributed by atoms with Gasteiger partial charge in [0.05, 0.1) is 0 Å². The Labute approximate surface area is 71.4 Å². The number of nitrogens with zero attached hydrogens (tertiary/aromatic N) is 1. The zero-order valence-electron chi connectivity index (χ0n) is 7.05. The molecule has 2 amide bonds. The first kappa shape index (κ1) is 8.69. The van der Waals surface area contributed by atoms with Gasteiger partial charge in [0.15, 0.2) is 0 Å². The van der Waals surface area contributed by atoms with Crippen LogP contribution in [0.5, 0.6) is 0 Å². The Morgan fingerprint density at radius 1 is 1.42 bits per heavy atom. The third kappa shape index (κ3) is 1.06. The van der Waals surface area contributed by atoms with Gasteiger partial charge >= 0.3 is 70.6 Å². The van der Waals surface area contributed by atoms with Crippen LogP contribution in [0.25, 0.3) is 0 Å². The van der Waals surface area contributed by atoms with Crippen LogP contribution in [-0.2, 0) is 9.59 Å². The summed E-state index contributed by atoms with van der Waals surface area (Å²) in [5.41, 5.74) is 3.32. The normalized spacial score (nSPS) is 16.9. The Bertz CT molecular complexity index is 337. The van der Waals surface area contributed by atoms with Crippen molar-refractivity contribution in [3.05, 3.63) is 17.2 Å². The topological polar surface area (TPSA) is 37.4 Å². The predicted molar refractivity (Wildman–Crippen MR) is 47.2 cm³/mol. The number of carbonyl (C=O) groups excluding carboxylic acids is 2. The van der Waals surface area contributed by atoms with Crippen molar-refractivity contribution in [2.45, 2.75) is 6.92 Å². The maximum atomic E-state index is 11.3. The van der Waals surface area contributed by atoms with Crippen LogP contribution in [0.15, 0.2) is 17.2 Å². The van der Waals surface area contributed by atoms with E-state index in [1.54, 1.807) is 6.92 Å². The van der Waals surface area contributed by atoms with Crippen LogP contribution in [0.2, 0.25) is 0 Å². The van der Waals surface area contributed by atoms with Crippen LogP contribution < -0.4 is 0 Å². The molecule has 1 aliphatic heterocycles. The summed E-state index contributed by atoms with van der Waals surface area (Å²) in [5.74, 6) is -0.532. The first-order valence-corrected chi connectivity index (χ1v) is 3.48. The van der Waals surface area contributed by atoms with Crippen molar-refractivity contribution in [2.75, 3.05) is 7.05 Å². The van der Waals surface area contributed by atoms with Gasteiger partial charge in [0, 0.05) is 0 Å². The van der Waals surface area contributed by atoms with Gasteiger partial charge in [0.25, 0.3) is 0 Å². The van der Waals surface area contributed by atoms with E-state index in [2.05, 4.69) is 13.1 Å². The molecule has 0 fully saturated rings. The molecule has 0 unspecified atom stereocenters. The summed E-state index contributed by atoms with van der Waals surface area (Å²) >= 11 is 0. The van der Waals surface area contributed by atoms with Crippen molar-refractivity contribution >= 4 is 24.9 Å². The number of rotatable bonds is 1. The SMILES string of the molecule is B=C=CC1=C(C)C(=O)N(C)C1=O. The van der Waals surface area contributed by atoms with E-state index in [9.17, 15) is 9.59 Å². The van der Waals surface area contributed by atoms with Gasteiger partial charge in [-0.15, -0.1) is 0 Å². The second-order valence-electron chi connectivity index (χ2n) is 2.56. The summed E-state index contributed by atoms with van der Waals surface area (Å²) in [7, 11) is 4.80. The third-order valence-electron chi connectivity index (χ3n) is 1.81. The summed E-state index contributed by atoms with van der Waals surface area (Å²) < 4.78 is 0. The average molecular weight is 161 g/mol. The predicted octanol–water partition coefficient (Wildman–Crippen LogP) is -0.840. The Morgan fingerprint density at radius 2 is 2.00 bits per heavy atom. The molecular formula is C8H8BNO2. The summed E-state index contributed by atoms with van der Waals surface area (Å²) in [4.78, 5) is 23.5. The quantitative estimate of drug-likeness (QED) is 0.371. The molecule has 0 N–H and O–H groups in total. The number of hydrogen-bond donors (Lipinski definition) is 0. The van der Waals surface area contributed by atoms with Crippen molar-refractivity contribution in [1.29, 1.82) is 0 Å². The zero-order chi connectivity index (χ0) is 9.30. The van der Waals surface area contributed by atoms with E-state index in [-0.39, 0.29) is 11.8 Å². The second kappa shape index (κ2) is 2.91. The molecular weight excluding hydrogens is 153 g/mol. The Hall–Kier alpha value is -1.41. The maximum absolute atomic E-state index is 11.3. The Morgan fingerprint density at radius 3 is 2.33 bits per heavy atom. The average Bonchev–Trinajstić information content (AvgIpc) is 2.23. The number of amides is 2. The van der Waals surface area contributed by atoms with Crippen molar-refractivity contribution in [3.8, 4) is 0 Å². The molecule has 0 aromatic carbocycles. The molecule has 0 aromatic rings. The van der Waals surface area contributed by atoms with E-state index in [0.29, 0.717) is 11.1 Å². The molecule has 1 heterocycles. The van der Waals surface area contributed by atoms with Gasteiger partial charge in [0.1, 0.15) is 0 Å². The van der Waals surface area contributed by atoms with E-state index < -0.39 is 0 Å². The number of hydrogen-bond acceptors (Lipinski definition) is 2. The van der Waals surface area contributed by atoms with Crippen LogP contribution in [0.3, 0.4) is 0 Å². The van der Waals surface area contributed by atoms with Crippen LogP contribution in [0.1, 0.15) is 6.92 Å². The summed E-state index contributed by atoms with van der Waals surface area (Å²) in [6.45, 7) is 1.62. The van der Waals surface area contributed by atoms with E-state index in [0.717, 1.165) is 4.90 Å². The van der Waals surface area contributed by atoms with Crippen molar-refractivity contribution in [2.24, 2.45) is 0 Å². The molecule has 1 rings (SSSR count). The summed E-state index contributed by atoms with van der Waals surface area (Å²) in [6, 6.07) is 0. The molecule has 0 bridgehead atoms. The fourth-order valence-corrected chi connectivity index (χ4v) is 1.07. The van der Waals surface area contributed by atoms with Gasteiger partial charge in [-0.25, -0.2) is 0 Å². The van der Waals surface area contributed by atoms with Gasteiger partial charge in [0.2, 0.25) is 0 Å². The minimum atomic E-state index is -0.284. The molecule has 0 saturated heterocycles. The van der Waals surface area contributed by atoms with Crippen molar-refractivity contribution < 1.29 is 9.59 Å². The molecule has 0 spiro atoms. The van der Waals surface area contributed by atoms with Crippen LogP contribution in [-0.4, -0.2) is 36.9 Å². The molecule has 0 atom stereocenters. The Balaban J connectivity index is 3.21. The van der Waals surface area contributed by atoms with Crippen LogP contribution >= 0.6 is 0 Å². The molecule has 0 aromatic heterocycles. The molecule has 0 radical (unpaired) electrons. The zero-order valence-corrected chi connectivity index (χ0v) is 7.05. The fraction of sp³-hybridized carbons (Fsp3) is 0.250. The molecule has 0 saturated carbocycles. The van der Waals surface area contributed by atoms with Crippen LogP contribution in [0, 0.1) is 0 Å². The molecule has 12 heavy (non-hydrogen) atoms. The van der Waals surface area contributed by atoms with Gasteiger partial charge in [-0.3, -0.25) is 0 Å². The van der Waals surface area contributed by atoms with Gasteiger partial charge in [-0.2, -0.15) is 0 Å². The summed E-state index contributed by atoms with van der Waals surface area (Å²) in [6.07, 6.45) is 1.43. The van der Waals surface area contributed by atoms with E-state index in [1.807, 2.05) is 0 Å². The molecule has 60 valence electrons. The first-order valence-electron chi connectivity index (χ1n) is 3.48. The third-order valence-corrected chi connectivity index (χ3v) is 1.81. The molecule has 3 nitrogen and oxygen atoms in total. The van der Waals surface area contributed by atoms with E-state index >= 15 is 0 Å². The van der Waals surface area contributed by atoms with Gasteiger partial charge in [-0.05, 0) is 0 Å². The van der Waals surface area contributed by atoms with E-state index in [4.69, 9.17) is 0 Å². The fourth-order valence-electron chi connectivity index (χ4n) is 1.07. The van der Waals surface area contributed by atoms with Crippen molar-refractivity contribution in [1.82, 2.24) is 4.90 Å². The second-order valence-corrected chi connectivity index (χ2v) is 2.56. The van der Waals surface area contributed by atoms with Gasteiger partial charge < -0.3 is 0 Å². The van der Waals surface area contributed by atoms with Crippen molar-refractivity contribution in [3.63, 3.8) is 0 Å². The molecule has 0 aliphatic carbocycles. The van der Waals surface area contributed by atoms with Gasteiger partial charge in [-0.1, -0.05) is 0 Å². The molecule has 1 aliphatic rings.